The molecule has 20 heavy (non-hydrogen) atoms. The Morgan fingerprint density at radius 3 is 2.35 bits per heavy atom. The van der Waals surface area contributed by atoms with E-state index >= 15 is 0 Å². The molecule has 3 unspecified atom stereocenters. The van der Waals surface area contributed by atoms with Gasteiger partial charge < -0.3 is 10.2 Å². The lowest BCUT2D eigenvalue weighted by Gasteiger charge is -2.44. The summed E-state index contributed by atoms with van der Waals surface area (Å²) in [5.74, 6) is 1.88. The van der Waals surface area contributed by atoms with Crippen LogP contribution in [0, 0.1) is 22.7 Å². The topological polar surface area (TPSA) is 15.3 Å². The molecule has 3 atom stereocenters. The summed E-state index contributed by atoms with van der Waals surface area (Å²) in [6.45, 7) is 15.0. The van der Waals surface area contributed by atoms with E-state index in [0.29, 0.717) is 10.8 Å². The summed E-state index contributed by atoms with van der Waals surface area (Å²) in [7, 11) is 0. The van der Waals surface area contributed by atoms with Crippen LogP contribution in [-0.2, 0) is 0 Å². The zero-order chi connectivity index (χ0) is 14.4. The van der Waals surface area contributed by atoms with E-state index < -0.39 is 0 Å². The molecule has 2 aliphatic carbocycles. The Bertz CT molecular complexity index is 339. The highest BCUT2D eigenvalue weighted by molar-refractivity contribution is 5.12. The van der Waals surface area contributed by atoms with Gasteiger partial charge in [0.15, 0.2) is 0 Å². The van der Waals surface area contributed by atoms with Crippen LogP contribution in [0.1, 0.15) is 59.8 Å². The normalized spacial score (nSPS) is 41.4. The highest BCUT2D eigenvalue weighted by atomic mass is 15.1. The van der Waals surface area contributed by atoms with E-state index in [1.165, 1.54) is 58.3 Å². The fraction of sp³-hybridized carbons (Fsp3) is 1.00. The first kappa shape index (κ1) is 14.8. The highest BCUT2D eigenvalue weighted by Gasteiger charge is 2.58. The van der Waals surface area contributed by atoms with E-state index in [0.717, 1.165) is 17.9 Å². The molecule has 0 aromatic rings. The van der Waals surface area contributed by atoms with Gasteiger partial charge in [0.1, 0.15) is 0 Å². The number of fused-ring (bicyclic) bond motifs is 2. The third kappa shape index (κ3) is 2.43. The van der Waals surface area contributed by atoms with E-state index in [1.807, 2.05) is 0 Å². The van der Waals surface area contributed by atoms with Gasteiger partial charge in [-0.05, 0) is 80.9 Å². The van der Waals surface area contributed by atoms with Gasteiger partial charge in [-0.25, -0.2) is 0 Å². The average molecular weight is 278 g/mol. The predicted octanol–water partition coefficient (Wildman–Crippen LogP) is 3.52. The van der Waals surface area contributed by atoms with Crippen molar-refractivity contribution in [2.75, 3.05) is 26.2 Å². The fourth-order valence-corrected chi connectivity index (χ4v) is 5.60. The summed E-state index contributed by atoms with van der Waals surface area (Å²) >= 11 is 0. The second-order valence-electron chi connectivity index (χ2n) is 8.63. The Labute approximate surface area is 125 Å². The van der Waals surface area contributed by atoms with Gasteiger partial charge in [0.25, 0.3) is 0 Å². The number of rotatable bonds is 4. The lowest BCUT2D eigenvalue weighted by Crippen LogP contribution is -2.52. The third-order valence-corrected chi connectivity index (χ3v) is 7.03. The molecule has 2 saturated carbocycles. The maximum Gasteiger partial charge on any atom is 0.0175 e. The van der Waals surface area contributed by atoms with Gasteiger partial charge in [0, 0.05) is 6.04 Å². The molecule has 1 saturated heterocycles. The number of nitrogens with zero attached hydrogens (tertiary/aromatic N) is 1. The van der Waals surface area contributed by atoms with Gasteiger partial charge in [-0.3, -0.25) is 0 Å². The number of piperidine rings is 1. The smallest absolute Gasteiger partial charge is 0.0175 e. The molecule has 0 spiro atoms. The SMILES string of the molecule is CCN1CCC(CNC2C3(C)CCC(C3)C2(C)C)CC1. The number of nitrogens with one attached hydrogen (secondary N) is 1. The molecule has 1 N–H and O–H groups in total. The van der Waals surface area contributed by atoms with Crippen LogP contribution < -0.4 is 5.32 Å². The Morgan fingerprint density at radius 1 is 1.10 bits per heavy atom. The van der Waals surface area contributed by atoms with Crippen LogP contribution in [0.2, 0.25) is 0 Å². The molecule has 0 aromatic heterocycles. The summed E-state index contributed by atoms with van der Waals surface area (Å²) in [6, 6.07) is 0.748. The molecular weight excluding hydrogens is 244 g/mol. The van der Waals surface area contributed by atoms with Gasteiger partial charge >= 0.3 is 0 Å². The van der Waals surface area contributed by atoms with E-state index in [9.17, 15) is 0 Å². The molecule has 3 fully saturated rings. The van der Waals surface area contributed by atoms with Crippen LogP contribution >= 0.6 is 0 Å². The van der Waals surface area contributed by atoms with Gasteiger partial charge in [0.05, 0.1) is 0 Å². The quantitative estimate of drug-likeness (QED) is 0.846. The van der Waals surface area contributed by atoms with Crippen molar-refractivity contribution in [2.45, 2.75) is 65.8 Å². The molecule has 116 valence electrons. The highest BCUT2D eigenvalue weighted by Crippen LogP contribution is 2.62. The minimum Gasteiger partial charge on any atom is -0.313 e. The van der Waals surface area contributed by atoms with Gasteiger partial charge in [-0.2, -0.15) is 0 Å². The second-order valence-corrected chi connectivity index (χ2v) is 8.63. The van der Waals surface area contributed by atoms with Crippen LogP contribution in [0.5, 0.6) is 0 Å². The Balaban J connectivity index is 1.54. The molecule has 3 rings (SSSR count). The van der Waals surface area contributed by atoms with Crippen LogP contribution in [0.25, 0.3) is 0 Å². The standard InChI is InChI=1S/C18H34N2/c1-5-20-10-7-14(8-11-20)13-19-16-17(2,3)15-6-9-18(16,4)12-15/h14-16,19H,5-13H2,1-4H3. The first-order valence-corrected chi connectivity index (χ1v) is 8.91. The van der Waals surface area contributed by atoms with Gasteiger partial charge in [-0.1, -0.05) is 27.7 Å². The van der Waals surface area contributed by atoms with Crippen molar-refractivity contribution < 1.29 is 0 Å². The molecule has 1 heterocycles. The molecule has 2 nitrogen and oxygen atoms in total. The van der Waals surface area contributed by atoms with E-state index in [-0.39, 0.29) is 0 Å². The minimum atomic E-state index is 0.511. The van der Waals surface area contributed by atoms with E-state index in [1.54, 1.807) is 0 Å². The van der Waals surface area contributed by atoms with Crippen molar-refractivity contribution in [3.8, 4) is 0 Å². The first-order valence-electron chi connectivity index (χ1n) is 8.91. The summed E-state index contributed by atoms with van der Waals surface area (Å²) in [5.41, 5.74) is 1.09. The van der Waals surface area contributed by atoms with Crippen molar-refractivity contribution in [2.24, 2.45) is 22.7 Å². The monoisotopic (exact) mass is 278 g/mol. The number of likely N-dealkylation sites (tertiary alicyclic amines) is 1. The molecule has 0 radical (unpaired) electrons. The summed E-state index contributed by atoms with van der Waals surface area (Å²) in [6.07, 6.45) is 7.18. The first-order chi connectivity index (χ1) is 9.45. The van der Waals surface area contributed by atoms with Crippen molar-refractivity contribution in [1.82, 2.24) is 10.2 Å². The van der Waals surface area contributed by atoms with Crippen LogP contribution in [-0.4, -0.2) is 37.1 Å². The van der Waals surface area contributed by atoms with Crippen molar-refractivity contribution in [1.29, 1.82) is 0 Å². The van der Waals surface area contributed by atoms with Crippen molar-refractivity contribution >= 4 is 0 Å². The largest absolute Gasteiger partial charge is 0.313 e. The Kier molecular flexibility index (Phi) is 3.92. The van der Waals surface area contributed by atoms with Crippen LogP contribution in [0.15, 0.2) is 0 Å². The van der Waals surface area contributed by atoms with Gasteiger partial charge in [-0.15, -0.1) is 0 Å². The number of hydrogen-bond donors (Lipinski definition) is 1. The average Bonchev–Trinajstić information content (AvgIpc) is 2.90. The third-order valence-electron chi connectivity index (χ3n) is 7.03. The second kappa shape index (κ2) is 5.28. The zero-order valence-electron chi connectivity index (χ0n) is 14.0. The summed E-state index contributed by atoms with van der Waals surface area (Å²) in [4.78, 5) is 2.60. The van der Waals surface area contributed by atoms with Crippen LogP contribution in [0.4, 0.5) is 0 Å². The minimum absolute atomic E-state index is 0.511. The maximum absolute atomic E-state index is 4.03. The molecule has 3 aliphatic rings. The predicted molar refractivity (Wildman–Crippen MR) is 85.9 cm³/mol. The Morgan fingerprint density at radius 2 is 1.80 bits per heavy atom. The summed E-state index contributed by atoms with van der Waals surface area (Å²) < 4.78 is 0. The Hall–Kier alpha value is -0.0800. The molecular formula is C18H34N2. The van der Waals surface area contributed by atoms with Crippen molar-refractivity contribution in [3.63, 3.8) is 0 Å². The molecule has 0 aromatic carbocycles. The van der Waals surface area contributed by atoms with Gasteiger partial charge in [0.2, 0.25) is 0 Å². The van der Waals surface area contributed by atoms with Crippen LogP contribution in [0.3, 0.4) is 0 Å². The summed E-state index contributed by atoms with van der Waals surface area (Å²) in [5, 5.41) is 4.03. The van der Waals surface area contributed by atoms with E-state index in [2.05, 4.69) is 37.9 Å². The maximum atomic E-state index is 4.03. The lowest BCUT2D eigenvalue weighted by atomic mass is 9.68. The van der Waals surface area contributed by atoms with Crippen molar-refractivity contribution in [3.05, 3.63) is 0 Å². The molecule has 1 aliphatic heterocycles. The molecule has 2 bridgehead atoms. The zero-order valence-corrected chi connectivity index (χ0v) is 14.0. The lowest BCUT2D eigenvalue weighted by molar-refractivity contribution is 0.0982. The number of hydrogen-bond acceptors (Lipinski definition) is 2. The molecule has 2 heteroatoms. The molecule has 0 amide bonds. The fourth-order valence-electron chi connectivity index (χ4n) is 5.60. The van der Waals surface area contributed by atoms with E-state index in [4.69, 9.17) is 0 Å².